The van der Waals surface area contributed by atoms with E-state index in [1.54, 1.807) is 14.2 Å². The van der Waals surface area contributed by atoms with E-state index in [4.69, 9.17) is 21.7 Å². The summed E-state index contributed by atoms with van der Waals surface area (Å²) in [5, 5.41) is 4.13. The zero-order chi connectivity index (χ0) is 21.4. The molecule has 1 aromatic carbocycles. The van der Waals surface area contributed by atoms with Gasteiger partial charge < -0.3 is 24.7 Å². The van der Waals surface area contributed by atoms with E-state index in [1.165, 1.54) is 9.13 Å². The van der Waals surface area contributed by atoms with E-state index in [-0.39, 0.29) is 12.1 Å². The molecule has 0 spiro atoms. The van der Waals surface area contributed by atoms with Crippen molar-refractivity contribution in [3.8, 4) is 11.5 Å². The summed E-state index contributed by atoms with van der Waals surface area (Å²) in [5.41, 5.74) is 5.28. The van der Waals surface area contributed by atoms with Crippen molar-refractivity contribution in [1.82, 2.24) is 15.3 Å². The second-order valence-electron chi connectivity index (χ2n) is 7.14. The number of halogens is 1. The molecule has 2 unspecified atom stereocenters. The second-order valence-corrected chi connectivity index (χ2v) is 8.60. The first-order valence-corrected chi connectivity index (χ1v) is 11.0. The number of aryl methyl sites for hydroxylation is 2. The molecule has 1 aliphatic rings. The van der Waals surface area contributed by atoms with Gasteiger partial charge in [-0.15, -0.1) is 0 Å². The van der Waals surface area contributed by atoms with Crippen LogP contribution >= 0.6 is 34.8 Å². The molecule has 1 fully saturated rings. The van der Waals surface area contributed by atoms with Crippen LogP contribution in [-0.2, 0) is 0 Å². The quantitative estimate of drug-likeness (QED) is 0.362. The lowest BCUT2D eigenvalue weighted by Crippen LogP contribution is -2.30. The molecule has 2 atom stereocenters. The standard InChI is InChI=1S/C22H23IN4O2S/c1-12-18(19(23)13(2)25-12)21-20(15-7-5-6-10-24-15)26-22(30)27(21)16-9-8-14(28-3)11-17(16)29-4/h5-11,20-21,25H,1-4H3,(H,26,30). The molecule has 6 nitrogen and oxygen atoms in total. The molecule has 1 aliphatic heterocycles. The Balaban J connectivity index is 1.92. The Bertz CT molecular complexity index is 1090. The van der Waals surface area contributed by atoms with Gasteiger partial charge in [0.15, 0.2) is 5.11 Å². The van der Waals surface area contributed by atoms with Gasteiger partial charge in [0.25, 0.3) is 0 Å². The van der Waals surface area contributed by atoms with Crippen LogP contribution in [0.15, 0.2) is 42.6 Å². The van der Waals surface area contributed by atoms with Crippen LogP contribution in [-0.4, -0.2) is 29.3 Å². The number of rotatable bonds is 5. The summed E-state index contributed by atoms with van der Waals surface area (Å²) in [6.07, 6.45) is 1.81. The summed E-state index contributed by atoms with van der Waals surface area (Å²) in [4.78, 5) is 10.2. The topological polar surface area (TPSA) is 62.4 Å². The van der Waals surface area contributed by atoms with Crippen LogP contribution in [0.2, 0.25) is 0 Å². The highest BCUT2D eigenvalue weighted by Crippen LogP contribution is 2.47. The van der Waals surface area contributed by atoms with E-state index in [1.807, 2.05) is 42.6 Å². The van der Waals surface area contributed by atoms with Crippen molar-refractivity contribution in [3.63, 3.8) is 0 Å². The van der Waals surface area contributed by atoms with E-state index >= 15 is 0 Å². The number of H-pyrrole nitrogens is 1. The van der Waals surface area contributed by atoms with Gasteiger partial charge in [0.2, 0.25) is 0 Å². The summed E-state index contributed by atoms with van der Waals surface area (Å²) < 4.78 is 12.3. The van der Waals surface area contributed by atoms with Crippen LogP contribution in [0.5, 0.6) is 11.5 Å². The van der Waals surface area contributed by atoms with Crippen LogP contribution in [0.4, 0.5) is 5.69 Å². The van der Waals surface area contributed by atoms with E-state index in [0.717, 1.165) is 28.5 Å². The highest BCUT2D eigenvalue weighted by molar-refractivity contribution is 14.1. The molecule has 1 saturated heterocycles. The molecule has 8 heteroatoms. The number of aromatic nitrogens is 2. The van der Waals surface area contributed by atoms with Crippen molar-refractivity contribution in [2.75, 3.05) is 19.1 Å². The highest BCUT2D eigenvalue weighted by atomic mass is 127. The molecule has 3 aromatic rings. The van der Waals surface area contributed by atoms with E-state index in [9.17, 15) is 0 Å². The molecule has 2 N–H and O–H groups in total. The maximum atomic E-state index is 5.83. The van der Waals surface area contributed by atoms with Crippen molar-refractivity contribution < 1.29 is 9.47 Å². The van der Waals surface area contributed by atoms with Crippen LogP contribution in [0.25, 0.3) is 0 Å². The first-order valence-electron chi connectivity index (χ1n) is 9.53. The average Bonchev–Trinajstić information content (AvgIpc) is 3.22. The van der Waals surface area contributed by atoms with Crippen molar-refractivity contribution in [2.45, 2.75) is 25.9 Å². The predicted octanol–water partition coefficient (Wildman–Crippen LogP) is 4.83. The van der Waals surface area contributed by atoms with E-state index in [0.29, 0.717) is 10.9 Å². The van der Waals surface area contributed by atoms with Gasteiger partial charge in [-0.2, -0.15) is 0 Å². The zero-order valence-corrected chi connectivity index (χ0v) is 20.2. The summed E-state index contributed by atoms with van der Waals surface area (Å²) >= 11 is 8.24. The molecule has 156 valence electrons. The maximum Gasteiger partial charge on any atom is 0.174 e. The molecule has 30 heavy (non-hydrogen) atoms. The number of hydrogen-bond acceptors (Lipinski definition) is 4. The monoisotopic (exact) mass is 534 g/mol. The number of methoxy groups -OCH3 is 2. The van der Waals surface area contributed by atoms with Crippen molar-refractivity contribution in [3.05, 3.63) is 68.8 Å². The number of benzene rings is 1. The van der Waals surface area contributed by atoms with Gasteiger partial charge in [0.1, 0.15) is 11.5 Å². The first kappa shape index (κ1) is 20.9. The number of hydrogen-bond donors (Lipinski definition) is 2. The van der Waals surface area contributed by atoms with E-state index < -0.39 is 0 Å². The highest BCUT2D eigenvalue weighted by Gasteiger charge is 2.43. The molecule has 0 saturated carbocycles. The minimum atomic E-state index is -0.104. The smallest absolute Gasteiger partial charge is 0.174 e. The fourth-order valence-corrected chi connectivity index (χ4v) is 5.21. The largest absolute Gasteiger partial charge is 0.497 e. The molecule has 0 bridgehead atoms. The number of pyridine rings is 1. The summed E-state index contributed by atoms with van der Waals surface area (Å²) in [6, 6.07) is 11.5. The fraction of sp³-hybridized carbons (Fsp3) is 0.273. The van der Waals surface area contributed by atoms with E-state index in [2.05, 4.69) is 56.6 Å². The summed E-state index contributed by atoms with van der Waals surface area (Å²) in [6.45, 7) is 4.19. The Morgan fingerprint density at radius 1 is 1.10 bits per heavy atom. The average molecular weight is 534 g/mol. The molecular weight excluding hydrogens is 511 g/mol. The summed E-state index contributed by atoms with van der Waals surface area (Å²) in [7, 11) is 3.30. The number of nitrogens with one attached hydrogen (secondary N) is 2. The van der Waals surface area contributed by atoms with Crippen LogP contribution < -0.4 is 19.7 Å². The minimum absolute atomic E-state index is 0.0912. The lowest BCUT2D eigenvalue weighted by molar-refractivity contribution is 0.394. The van der Waals surface area contributed by atoms with Gasteiger partial charge in [-0.25, -0.2) is 0 Å². The third-order valence-electron chi connectivity index (χ3n) is 5.39. The normalized spacial score (nSPS) is 18.4. The molecular formula is C22H23IN4O2S. The van der Waals surface area contributed by atoms with Gasteiger partial charge in [0.05, 0.1) is 37.7 Å². The Kier molecular flexibility index (Phi) is 5.88. The third kappa shape index (κ3) is 3.51. The lowest BCUT2D eigenvalue weighted by Gasteiger charge is -2.29. The molecule has 4 rings (SSSR count). The molecule has 3 heterocycles. The van der Waals surface area contributed by atoms with Gasteiger partial charge in [-0.3, -0.25) is 4.98 Å². The van der Waals surface area contributed by atoms with Crippen molar-refractivity contribution in [1.29, 1.82) is 0 Å². The Morgan fingerprint density at radius 3 is 2.50 bits per heavy atom. The van der Waals surface area contributed by atoms with Gasteiger partial charge in [-0.05, 0) is 72.9 Å². The SMILES string of the molecule is COc1ccc(N2C(=S)NC(c3ccccn3)C2c2c(C)[nH]c(C)c2I)c(OC)c1. The fourth-order valence-electron chi connectivity index (χ4n) is 4.01. The second kappa shape index (κ2) is 8.43. The summed E-state index contributed by atoms with van der Waals surface area (Å²) in [5.74, 6) is 1.43. The van der Waals surface area contributed by atoms with Crippen LogP contribution in [0.1, 0.15) is 34.7 Å². The Morgan fingerprint density at radius 2 is 1.90 bits per heavy atom. The van der Waals surface area contributed by atoms with Gasteiger partial charge in [0, 0.05) is 32.8 Å². The number of nitrogens with zero attached hydrogens (tertiary/aromatic N) is 2. The third-order valence-corrected chi connectivity index (χ3v) is 7.09. The van der Waals surface area contributed by atoms with Crippen LogP contribution in [0, 0.1) is 17.4 Å². The minimum Gasteiger partial charge on any atom is -0.497 e. The van der Waals surface area contributed by atoms with Crippen molar-refractivity contribution in [2.24, 2.45) is 0 Å². The Labute approximate surface area is 195 Å². The number of anilines is 1. The number of thiocarbonyl (C=S) groups is 1. The first-order chi connectivity index (χ1) is 14.5. The predicted molar refractivity (Wildman–Crippen MR) is 130 cm³/mol. The van der Waals surface area contributed by atoms with Crippen molar-refractivity contribution >= 4 is 45.6 Å². The van der Waals surface area contributed by atoms with Gasteiger partial charge in [-0.1, -0.05) is 6.07 Å². The molecule has 2 aromatic heterocycles. The number of aromatic amines is 1. The van der Waals surface area contributed by atoms with Gasteiger partial charge >= 0.3 is 0 Å². The molecule has 0 amide bonds. The van der Waals surface area contributed by atoms with Crippen LogP contribution in [0.3, 0.4) is 0 Å². The maximum absolute atomic E-state index is 5.83. The lowest BCUT2D eigenvalue weighted by atomic mass is 9.96. The number of ether oxygens (including phenoxy) is 2. The Hall–Kier alpha value is -2.33. The molecule has 0 radical (unpaired) electrons. The zero-order valence-electron chi connectivity index (χ0n) is 17.2. The molecule has 0 aliphatic carbocycles.